The number of ether oxygens (including phenoxy) is 1. The normalized spacial score (nSPS) is 21.4. The van der Waals surface area contributed by atoms with E-state index in [4.69, 9.17) is 9.88 Å². The smallest absolute Gasteiger partial charge is 0.412 e. The Balaban J connectivity index is 1.22. The van der Waals surface area contributed by atoms with Crippen molar-refractivity contribution < 1.29 is 30.7 Å². The fraction of sp³-hybridized carbons (Fsp3) is 0.429. The van der Waals surface area contributed by atoms with Crippen LogP contribution >= 0.6 is 0 Å². The molecular weight excluding hydrogens is 506 g/mol. The van der Waals surface area contributed by atoms with Crippen LogP contribution in [0.25, 0.3) is 0 Å². The molecule has 0 bridgehead atoms. The average molecular weight is 528 g/mol. The van der Waals surface area contributed by atoms with Crippen molar-refractivity contribution in [3.63, 3.8) is 0 Å². The summed E-state index contributed by atoms with van der Waals surface area (Å²) in [6.07, 6.45) is 1.25. The average Bonchev–Trinajstić information content (AvgIpc) is 3.28. The third-order valence-electron chi connectivity index (χ3n) is 6.54. The van der Waals surface area contributed by atoms with Crippen molar-refractivity contribution in [1.82, 2.24) is 24.7 Å². The molecule has 2 aliphatic rings. The fourth-order valence-electron chi connectivity index (χ4n) is 4.38. The Kier molecular flexibility index (Phi) is 5.86. The van der Waals surface area contributed by atoms with E-state index in [1.165, 1.54) is 6.07 Å². The summed E-state index contributed by atoms with van der Waals surface area (Å²) >= 11 is 0. The predicted molar refractivity (Wildman–Crippen MR) is 117 cm³/mol. The van der Waals surface area contributed by atoms with Gasteiger partial charge in [-0.15, -0.1) is 5.10 Å². The van der Waals surface area contributed by atoms with Crippen molar-refractivity contribution in [2.24, 2.45) is 5.14 Å². The first kappa shape index (κ1) is 24.4. The van der Waals surface area contributed by atoms with Crippen LogP contribution in [0.2, 0.25) is 0 Å². The van der Waals surface area contributed by atoms with Crippen molar-refractivity contribution in [2.75, 3.05) is 5.32 Å². The highest BCUT2D eigenvalue weighted by atomic mass is 32.2. The molecular formula is C21H21F4N7O3S. The molecule has 0 spiro atoms. The van der Waals surface area contributed by atoms with Crippen molar-refractivity contribution in [3.8, 4) is 6.01 Å². The van der Waals surface area contributed by atoms with Crippen LogP contribution in [0.4, 0.5) is 29.2 Å². The summed E-state index contributed by atoms with van der Waals surface area (Å²) in [7, 11) is -4.03. The number of primary sulfonamides is 1. The first-order valence-electron chi connectivity index (χ1n) is 11.0. The first-order chi connectivity index (χ1) is 17.0. The lowest BCUT2D eigenvalue weighted by Gasteiger charge is -2.23. The lowest BCUT2D eigenvalue weighted by Crippen LogP contribution is -2.35. The second kappa shape index (κ2) is 8.65. The number of anilines is 2. The van der Waals surface area contributed by atoms with Crippen LogP contribution in [0, 0.1) is 5.82 Å². The zero-order valence-corrected chi connectivity index (χ0v) is 19.4. The summed E-state index contributed by atoms with van der Waals surface area (Å²) in [5, 5.41) is 15.1. The molecule has 2 atom stereocenters. The van der Waals surface area contributed by atoms with Gasteiger partial charge in [0.2, 0.25) is 16.0 Å². The van der Waals surface area contributed by atoms with E-state index in [0.29, 0.717) is 19.3 Å². The quantitative estimate of drug-likeness (QED) is 0.446. The molecule has 10 nitrogen and oxygen atoms in total. The maximum atomic E-state index is 14.2. The molecule has 192 valence electrons. The Hall–Kier alpha value is -3.33. The van der Waals surface area contributed by atoms with Crippen LogP contribution in [0.3, 0.4) is 0 Å². The number of sulfonamides is 1. The number of halogens is 4. The van der Waals surface area contributed by atoms with E-state index < -0.39 is 27.6 Å². The van der Waals surface area contributed by atoms with E-state index in [1.807, 2.05) is 0 Å². The lowest BCUT2D eigenvalue weighted by atomic mass is 10.0. The van der Waals surface area contributed by atoms with Gasteiger partial charge in [-0.2, -0.15) is 13.2 Å². The van der Waals surface area contributed by atoms with Crippen LogP contribution in [-0.2, 0) is 15.6 Å². The van der Waals surface area contributed by atoms with Gasteiger partial charge in [0, 0.05) is 12.4 Å². The van der Waals surface area contributed by atoms with Gasteiger partial charge in [-0.25, -0.2) is 27.9 Å². The van der Waals surface area contributed by atoms with E-state index in [2.05, 4.69) is 25.5 Å². The number of hydrogen-bond donors (Lipinski definition) is 2. The Morgan fingerprint density at radius 3 is 2.50 bits per heavy atom. The summed E-state index contributed by atoms with van der Waals surface area (Å²) in [4.78, 5) is 8.02. The van der Waals surface area contributed by atoms with E-state index >= 15 is 0 Å². The number of aromatic nitrogens is 5. The van der Waals surface area contributed by atoms with Crippen molar-refractivity contribution in [1.29, 1.82) is 0 Å². The number of alkyl halides is 3. The van der Waals surface area contributed by atoms with E-state index in [1.54, 1.807) is 12.4 Å². The van der Waals surface area contributed by atoms with Gasteiger partial charge in [-0.3, -0.25) is 4.57 Å². The van der Waals surface area contributed by atoms with Crippen molar-refractivity contribution in [2.45, 2.75) is 60.7 Å². The van der Waals surface area contributed by atoms with Crippen LogP contribution in [0.15, 0.2) is 41.8 Å². The van der Waals surface area contributed by atoms with Gasteiger partial charge < -0.3 is 10.1 Å². The number of nitrogens with zero attached hydrogens (tertiary/aromatic N) is 5. The summed E-state index contributed by atoms with van der Waals surface area (Å²) < 4.78 is 84.2. The molecule has 3 aromatic rings. The maximum Gasteiger partial charge on any atom is 0.412 e. The van der Waals surface area contributed by atoms with Crippen molar-refractivity contribution in [3.05, 3.63) is 48.3 Å². The SMILES string of the molecule is NS(=O)(=O)c1ccc(Nc2ncc([C@@H]3CC[C@H](Oc4nncn4C4(C(F)(F)F)CC4)C3)cn2)c(F)c1. The molecule has 0 saturated heterocycles. The Morgan fingerprint density at radius 1 is 1.17 bits per heavy atom. The number of nitrogens with one attached hydrogen (secondary N) is 1. The molecule has 2 aromatic heterocycles. The fourth-order valence-corrected chi connectivity index (χ4v) is 4.91. The van der Waals surface area contributed by atoms with Gasteiger partial charge in [0.25, 0.3) is 0 Å². The zero-order chi connectivity index (χ0) is 25.7. The maximum absolute atomic E-state index is 14.2. The molecule has 0 aliphatic heterocycles. The third kappa shape index (κ3) is 4.59. The number of nitrogens with two attached hydrogens (primary N) is 1. The molecule has 0 unspecified atom stereocenters. The number of rotatable bonds is 7. The number of hydrogen-bond acceptors (Lipinski definition) is 8. The predicted octanol–water partition coefficient (Wildman–Crippen LogP) is 3.36. The molecule has 2 fully saturated rings. The Morgan fingerprint density at radius 2 is 1.89 bits per heavy atom. The van der Waals surface area contributed by atoms with Crippen LogP contribution in [0.1, 0.15) is 43.6 Å². The largest absolute Gasteiger partial charge is 0.460 e. The lowest BCUT2D eigenvalue weighted by molar-refractivity contribution is -0.181. The number of benzene rings is 1. The molecule has 3 N–H and O–H groups in total. The van der Waals surface area contributed by atoms with Crippen LogP contribution in [-0.4, -0.2) is 45.4 Å². The Labute approximate surface area is 203 Å². The zero-order valence-electron chi connectivity index (χ0n) is 18.6. The summed E-state index contributed by atoms with van der Waals surface area (Å²) in [6.45, 7) is 0. The van der Waals surface area contributed by atoms with Gasteiger partial charge in [-0.1, -0.05) is 5.10 Å². The van der Waals surface area contributed by atoms with Gasteiger partial charge in [-0.05, 0) is 61.8 Å². The molecule has 0 radical (unpaired) electrons. The Bertz CT molecular complexity index is 1370. The first-order valence-corrected chi connectivity index (χ1v) is 12.6. The van der Waals surface area contributed by atoms with Crippen LogP contribution < -0.4 is 15.2 Å². The second-order valence-corrected chi connectivity index (χ2v) is 10.5. The highest BCUT2D eigenvalue weighted by Gasteiger charge is 2.66. The third-order valence-corrected chi connectivity index (χ3v) is 7.46. The second-order valence-electron chi connectivity index (χ2n) is 8.91. The minimum absolute atomic E-state index is 0.0173. The minimum Gasteiger partial charge on any atom is -0.460 e. The molecule has 5 rings (SSSR count). The molecule has 1 aromatic carbocycles. The highest BCUT2D eigenvalue weighted by Crippen LogP contribution is 2.56. The van der Waals surface area contributed by atoms with Crippen molar-refractivity contribution >= 4 is 21.7 Å². The molecule has 2 saturated carbocycles. The molecule has 36 heavy (non-hydrogen) atoms. The van der Waals surface area contributed by atoms with Gasteiger partial charge in [0.05, 0.1) is 10.6 Å². The van der Waals surface area contributed by atoms with E-state index in [-0.39, 0.29) is 47.4 Å². The minimum atomic E-state index is -4.41. The standard InChI is InChI=1S/C21H21F4N7O3S/c22-16-8-15(36(26,33)34)3-4-17(16)30-18-27-9-13(10-28-18)12-1-2-14(7-12)35-19-31-29-11-32(19)20(5-6-20)21(23,24)25/h3-4,8-12,14H,1-2,5-7H2,(H2,26,33,34)(H,27,28,30)/t12-,14+/m1/s1. The highest BCUT2D eigenvalue weighted by molar-refractivity contribution is 7.89. The van der Waals surface area contributed by atoms with E-state index in [9.17, 15) is 26.0 Å². The molecule has 15 heteroatoms. The monoisotopic (exact) mass is 527 g/mol. The molecule has 2 heterocycles. The summed E-state index contributed by atoms with van der Waals surface area (Å²) in [6, 6.07) is 3.04. The van der Waals surface area contributed by atoms with E-state index in [0.717, 1.165) is 28.6 Å². The van der Waals surface area contributed by atoms with Gasteiger partial charge in [0.1, 0.15) is 23.8 Å². The molecule has 0 amide bonds. The molecule has 2 aliphatic carbocycles. The van der Waals surface area contributed by atoms with Crippen LogP contribution in [0.5, 0.6) is 6.01 Å². The van der Waals surface area contributed by atoms with Gasteiger partial charge in [0.15, 0.2) is 0 Å². The summed E-state index contributed by atoms with van der Waals surface area (Å²) in [5.41, 5.74) is -1.22. The topological polar surface area (TPSA) is 138 Å². The van der Waals surface area contributed by atoms with Gasteiger partial charge >= 0.3 is 12.2 Å². The summed E-state index contributed by atoms with van der Waals surface area (Å²) in [5.74, 6) is -0.721.